The third-order valence-electron chi connectivity index (χ3n) is 1.84. The molecular formula is C7H14N2O3. The maximum Gasteiger partial charge on any atom is 0.419 e. The van der Waals surface area contributed by atoms with Gasteiger partial charge in [0.15, 0.2) is 0 Å². The van der Waals surface area contributed by atoms with E-state index in [1.54, 1.807) is 0 Å². The van der Waals surface area contributed by atoms with Crippen molar-refractivity contribution >= 4 is 6.09 Å². The van der Waals surface area contributed by atoms with E-state index in [1.165, 1.54) is 0 Å². The summed E-state index contributed by atoms with van der Waals surface area (Å²) in [4.78, 5) is 10.1. The Kier molecular flexibility index (Phi) is 3.83. The minimum absolute atomic E-state index is 0.212. The molecule has 0 bridgehead atoms. The SMILES string of the molecule is O=C(O)NNC1CCCOCC1. The molecule has 1 rings (SSSR count). The van der Waals surface area contributed by atoms with Gasteiger partial charge in [0.1, 0.15) is 0 Å². The minimum Gasteiger partial charge on any atom is -0.464 e. The molecule has 1 heterocycles. The molecule has 1 fully saturated rings. The molecule has 0 spiro atoms. The molecule has 5 nitrogen and oxygen atoms in total. The number of carbonyl (C=O) groups is 1. The van der Waals surface area contributed by atoms with Crippen molar-refractivity contribution in [3.63, 3.8) is 0 Å². The molecular weight excluding hydrogens is 160 g/mol. The number of carboxylic acid groups (broad SMARTS) is 1. The van der Waals surface area contributed by atoms with E-state index in [1.807, 2.05) is 0 Å². The highest BCUT2D eigenvalue weighted by Gasteiger charge is 2.11. The second-order valence-electron chi connectivity index (χ2n) is 2.81. The van der Waals surface area contributed by atoms with Crippen LogP contribution in [0.4, 0.5) is 4.79 Å². The lowest BCUT2D eigenvalue weighted by Gasteiger charge is -2.14. The summed E-state index contributed by atoms with van der Waals surface area (Å²) in [6, 6.07) is 0.212. The van der Waals surface area contributed by atoms with Crippen molar-refractivity contribution in [1.29, 1.82) is 0 Å². The third kappa shape index (κ3) is 3.54. The van der Waals surface area contributed by atoms with Crippen LogP contribution in [0, 0.1) is 0 Å². The fourth-order valence-electron chi connectivity index (χ4n) is 1.21. The minimum atomic E-state index is -1.04. The van der Waals surface area contributed by atoms with Gasteiger partial charge in [-0.15, -0.1) is 0 Å². The molecule has 0 aliphatic carbocycles. The van der Waals surface area contributed by atoms with E-state index in [9.17, 15) is 4.79 Å². The lowest BCUT2D eigenvalue weighted by atomic mass is 10.1. The largest absolute Gasteiger partial charge is 0.464 e. The molecule has 1 aliphatic rings. The number of amides is 1. The van der Waals surface area contributed by atoms with Gasteiger partial charge in [0.2, 0.25) is 0 Å². The summed E-state index contributed by atoms with van der Waals surface area (Å²) in [6.45, 7) is 1.49. The maximum absolute atomic E-state index is 10.1. The van der Waals surface area contributed by atoms with Crippen LogP contribution < -0.4 is 10.9 Å². The fraction of sp³-hybridized carbons (Fsp3) is 0.857. The van der Waals surface area contributed by atoms with Crippen LogP contribution in [0.2, 0.25) is 0 Å². The van der Waals surface area contributed by atoms with Crippen molar-refractivity contribution < 1.29 is 14.6 Å². The zero-order chi connectivity index (χ0) is 8.81. The topological polar surface area (TPSA) is 70.6 Å². The molecule has 70 valence electrons. The number of hydrogen-bond acceptors (Lipinski definition) is 3. The van der Waals surface area contributed by atoms with Crippen molar-refractivity contribution in [3.05, 3.63) is 0 Å². The summed E-state index contributed by atoms with van der Waals surface area (Å²) >= 11 is 0. The summed E-state index contributed by atoms with van der Waals surface area (Å²) in [5.41, 5.74) is 4.89. The fourth-order valence-corrected chi connectivity index (χ4v) is 1.21. The van der Waals surface area contributed by atoms with E-state index in [0.29, 0.717) is 6.61 Å². The van der Waals surface area contributed by atoms with Crippen molar-refractivity contribution in [2.75, 3.05) is 13.2 Å². The van der Waals surface area contributed by atoms with Crippen molar-refractivity contribution in [2.45, 2.75) is 25.3 Å². The van der Waals surface area contributed by atoms with Crippen LogP contribution in [0.1, 0.15) is 19.3 Å². The highest BCUT2D eigenvalue weighted by molar-refractivity contribution is 5.63. The predicted molar refractivity (Wildman–Crippen MR) is 42.8 cm³/mol. The second kappa shape index (κ2) is 4.95. The van der Waals surface area contributed by atoms with Gasteiger partial charge in [-0.05, 0) is 19.3 Å². The molecule has 0 aromatic carbocycles. The number of hydrazine groups is 1. The Morgan fingerprint density at radius 2 is 2.25 bits per heavy atom. The van der Waals surface area contributed by atoms with Crippen LogP contribution >= 0.6 is 0 Å². The summed E-state index contributed by atoms with van der Waals surface area (Å²) < 4.78 is 5.22. The standard InChI is InChI=1S/C7H14N2O3/c10-7(11)9-8-6-2-1-4-12-5-3-6/h6,8-9H,1-5H2,(H,10,11). The second-order valence-corrected chi connectivity index (χ2v) is 2.81. The summed E-state index contributed by atoms with van der Waals surface area (Å²) in [5, 5.41) is 8.31. The summed E-state index contributed by atoms with van der Waals surface area (Å²) in [6.07, 6.45) is 1.76. The van der Waals surface area contributed by atoms with Crippen molar-refractivity contribution in [3.8, 4) is 0 Å². The van der Waals surface area contributed by atoms with Crippen LogP contribution in [-0.4, -0.2) is 30.5 Å². The average Bonchev–Trinajstić information content (AvgIpc) is 2.28. The smallest absolute Gasteiger partial charge is 0.419 e. The lowest BCUT2D eigenvalue weighted by molar-refractivity contribution is 0.141. The molecule has 1 atom stereocenters. The van der Waals surface area contributed by atoms with E-state index in [0.717, 1.165) is 25.9 Å². The Morgan fingerprint density at radius 3 is 3.00 bits per heavy atom. The van der Waals surface area contributed by atoms with Crippen LogP contribution in [-0.2, 0) is 4.74 Å². The first kappa shape index (κ1) is 9.28. The molecule has 5 heteroatoms. The zero-order valence-electron chi connectivity index (χ0n) is 6.88. The van der Waals surface area contributed by atoms with Gasteiger partial charge >= 0.3 is 6.09 Å². The van der Waals surface area contributed by atoms with E-state index in [2.05, 4.69) is 10.9 Å². The first-order valence-corrected chi connectivity index (χ1v) is 4.11. The number of hydrogen-bond donors (Lipinski definition) is 3. The molecule has 12 heavy (non-hydrogen) atoms. The predicted octanol–water partition coefficient (Wildman–Crippen LogP) is 0.328. The Hall–Kier alpha value is -0.810. The lowest BCUT2D eigenvalue weighted by Crippen LogP contribution is -2.43. The quantitative estimate of drug-likeness (QED) is 0.527. The molecule has 0 radical (unpaired) electrons. The third-order valence-corrected chi connectivity index (χ3v) is 1.84. The average molecular weight is 174 g/mol. The monoisotopic (exact) mass is 174 g/mol. The van der Waals surface area contributed by atoms with Gasteiger partial charge in [0.25, 0.3) is 0 Å². The molecule has 0 aromatic rings. The Bertz CT molecular complexity index is 144. The van der Waals surface area contributed by atoms with Crippen LogP contribution in [0.15, 0.2) is 0 Å². The van der Waals surface area contributed by atoms with Gasteiger partial charge in [-0.25, -0.2) is 10.2 Å². The first-order valence-electron chi connectivity index (χ1n) is 4.11. The van der Waals surface area contributed by atoms with E-state index in [4.69, 9.17) is 9.84 Å². The Balaban J connectivity index is 2.16. The molecule has 1 unspecified atom stereocenters. The maximum atomic E-state index is 10.1. The molecule has 0 aromatic heterocycles. The van der Waals surface area contributed by atoms with Gasteiger partial charge in [0.05, 0.1) is 0 Å². The number of rotatable bonds is 2. The highest BCUT2D eigenvalue weighted by Crippen LogP contribution is 2.06. The van der Waals surface area contributed by atoms with Crippen LogP contribution in [0.25, 0.3) is 0 Å². The first-order chi connectivity index (χ1) is 5.79. The molecule has 3 N–H and O–H groups in total. The Morgan fingerprint density at radius 1 is 1.42 bits per heavy atom. The van der Waals surface area contributed by atoms with Crippen molar-refractivity contribution in [1.82, 2.24) is 10.9 Å². The Labute approximate surface area is 71.1 Å². The van der Waals surface area contributed by atoms with Gasteiger partial charge in [-0.1, -0.05) is 0 Å². The van der Waals surface area contributed by atoms with Gasteiger partial charge in [-0.3, -0.25) is 5.43 Å². The molecule has 1 aliphatic heterocycles. The normalized spacial score (nSPS) is 24.5. The highest BCUT2D eigenvalue weighted by atomic mass is 16.5. The van der Waals surface area contributed by atoms with Crippen molar-refractivity contribution in [2.24, 2.45) is 0 Å². The van der Waals surface area contributed by atoms with E-state index in [-0.39, 0.29) is 6.04 Å². The summed E-state index contributed by atoms with van der Waals surface area (Å²) in [5.74, 6) is 0. The molecule has 0 saturated carbocycles. The van der Waals surface area contributed by atoms with E-state index < -0.39 is 6.09 Å². The van der Waals surface area contributed by atoms with Gasteiger partial charge in [-0.2, -0.15) is 0 Å². The van der Waals surface area contributed by atoms with E-state index >= 15 is 0 Å². The number of ether oxygens (including phenoxy) is 1. The number of nitrogens with one attached hydrogen (secondary N) is 2. The zero-order valence-corrected chi connectivity index (χ0v) is 6.88. The summed E-state index contributed by atoms with van der Waals surface area (Å²) in [7, 11) is 0. The van der Waals surface area contributed by atoms with Crippen LogP contribution in [0.3, 0.4) is 0 Å². The van der Waals surface area contributed by atoms with Crippen LogP contribution in [0.5, 0.6) is 0 Å². The van der Waals surface area contributed by atoms with Gasteiger partial charge < -0.3 is 9.84 Å². The molecule has 1 amide bonds. The van der Waals surface area contributed by atoms with Gasteiger partial charge in [0, 0.05) is 19.3 Å². The molecule has 1 saturated heterocycles.